The van der Waals surface area contributed by atoms with Gasteiger partial charge in [0.05, 0.1) is 0 Å². The summed E-state index contributed by atoms with van der Waals surface area (Å²) in [5, 5.41) is 3.40. The van der Waals surface area contributed by atoms with Gasteiger partial charge in [0.2, 0.25) is 5.91 Å². The van der Waals surface area contributed by atoms with Crippen LogP contribution in [0.15, 0.2) is 48.5 Å². The molecule has 2 fully saturated rings. The van der Waals surface area contributed by atoms with Crippen molar-refractivity contribution < 1.29 is 27.8 Å². The van der Waals surface area contributed by atoms with Crippen LogP contribution in [-0.4, -0.2) is 46.7 Å². The van der Waals surface area contributed by atoms with Crippen molar-refractivity contribution in [3.8, 4) is 11.5 Å². The molecule has 2 bridgehead atoms. The van der Waals surface area contributed by atoms with Gasteiger partial charge < -0.3 is 25.4 Å². The highest BCUT2D eigenvalue weighted by Gasteiger charge is 2.51. The molecule has 10 heteroatoms. The number of nitrogens with two attached hydrogens (primary N) is 1. The van der Waals surface area contributed by atoms with Crippen LogP contribution in [0.5, 0.6) is 11.5 Å². The van der Waals surface area contributed by atoms with Crippen molar-refractivity contribution >= 4 is 23.6 Å². The van der Waals surface area contributed by atoms with E-state index in [1.54, 1.807) is 45.0 Å². The first kappa shape index (κ1) is 27.1. The fourth-order valence-corrected chi connectivity index (χ4v) is 5.13. The van der Waals surface area contributed by atoms with Crippen molar-refractivity contribution in [1.82, 2.24) is 10.2 Å². The first-order chi connectivity index (χ1) is 17.3. The lowest BCUT2D eigenvalue weighted by Gasteiger charge is -2.41. The fraction of sp³-hybridized carbons (Fsp3) is 0.481. The van der Waals surface area contributed by atoms with Gasteiger partial charge >= 0.3 is 6.09 Å². The van der Waals surface area contributed by atoms with E-state index in [1.165, 1.54) is 29.2 Å². The first-order valence-corrected chi connectivity index (χ1v) is 12.7. The van der Waals surface area contributed by atoms with Gasteiger partial charge in [-0.3, -0.25) is 4.79 Å². The number of piperidine rings is 1. The maximum absolute atomic E-state index is 15.3. The Morgan fingerprint density at radius 3 is 2.03 bits per heavy atom. The van der Waals surface area contributed by atoms with Gasteiger partial charge in [-0.05, 0) is 95.0 Å². The monoisotopic (exact) mass is 535 g/mol. The van der Waals surface area contributed by atoms with E-state index >= 15 is 8.78 Å². The van der Waals surface area contributed by atoms with Gasteiger partial charge in [-0.2, -0.15) is 8.78 Å². The van der Waals surface area contributed by atoms with Crippen LogP contribution in [0, 0.1) is 0 Å². The molecule has 3 N–H and O–H groups in total. The third-order valence-electron chi connectivity index (χ3n) is 6.65. The molecule has 4 rings (SSSR count). The molecule has 0 aliphatic carbocycles. The Morgan fingerprint density at radius 2 is 1.51 bits per heavy atom. The molecular formula is C27H32ClF2N3O4. The number of rotatable bonds is 6. The Bertz CT molecular complexity index is 1110. The summed E-state index contributed by atoms with van der Waals surface area (Å²) in [5.74, 6) is -3.49. The second kappa shape index (κ2) is 10.5. The summed E-state index contributed by atoms with van der Waals surface area (Å²) < 4.78 is 41.7. The van der Waals surface area contributed by atoms with Gasteiger partial charge in [-0.1, -0.05) is 11.6 Å². The highest BCUT2D eigenvalue weighted by molar-refractivity contribution is 6.30. The standard InChI is InChI=1S/C27H32ClF2N3O4/c1-26(2,3)37-25(35)32-18-14-19-8-9-20(15-18)33(19)24(34)23(31)27(29,30)16-4-10-21(11-5-16)36-22-12-6-17(28)7-13-22/h4-7,10-13,18-20,23H,8-9,14-15,31H2,1-3H3,(H,32,35). The van der Waals surface area contributed by atoms with Crippen molar-refractivity contribution in [3.05, 3.63) is 59.1 Å². The van der Waals surface area contributed by atoms with Gasteiger partial charge in [0.15, 0.2) is 6.04 Å². The number of nitrogens with one attached hydrogen (secondary N) is 1. The molecule has 2 aromatic carbocycles. The van der Waals surface area contributed by atoms with Crippen molar-refractivity contribution in [2.24, 2.45) is 5.73 Å². The number of hydrogen-bond acceptors (Lipinski definition) is 5. The first-order valence-electron chi connectivity index (χ1n) is 12.3. The summed E-state index contributed by atoms with van der Waals surface area (Å²) in [6.07, 6.45) is 1.77. The van der Waals surface area contributed by atoms with E-state index in [9.17, 15) is 9.59 Å². The summed E-state index contributed by atoms with van der Waals surface area (Å²) in [6.45, 7) is 5.33. The van der Waals surface area contributed by atoms with E-state index in [4.69, 9.17) is 26.8 Å². The van der Waals surface area contributed by atoms with Gasteiger partial charge in [-0.25, -0.2) is 4.79 Å². The van der Waals surface area contributed by atoms with Crippen LogP contribution in [-0.2, 0) is 15.5 Å². The molecule has 0 aromatic heterocycles. The third kappa shape index (κ3) is 6.33. The predicted octanol–water partition coefficient (Wildman–Crippen LogP) is 5.60. The lowest BCUT2D eigenvalue weighted by molar-refractivity contribution is -0.147. The van der Waals surface area contributed by atoms with E-state index in [-0.39, 0.29) is 23.7 Å². The molecule has 2 aliphatic rings. The van der Waals surface area contributed by atoms with Crippen LogP contribution in [0.1, 0.15) is 52.0 Å². The van der Waals surface area contributed by atoms with Crippen molar-refractivity contribution in [2.45, 2.75) is 82.1 Å². The SMILES string of the molecule is CC(C)(C)OC(=O)NC1CC2CCC(C1)N2C(=O)C(N)C(F)(F)c1ccc(Oc2ccc(Cl)cc2)cc1. The van der Waals surface area contributed by atoms with E-state index in [0.717, 1.165) is 0 Å². The Kier molecular flexibility index (Phi) is 7.67. The number of alkyl carbamates (subject to hydrolysis) is 1. The molecule has 2 saturated heterocycles. The zero-order valence-electron chi connectivity index (χ0n) is 21.0. The molecule has 7 nitrogen and oxygen atoms in total. The number of fused-ring (bicyclic) bond motifs is 2. The lowest BCUT2D eigenvalue weighted by Crippen LogP contribution is -2.59. The van der Waals surface area contributed by atoms with E-state index in [1.807, 2.05) is 0 Å². The molecule has 2 aromatic rings. The summed E-state index contributed by atoms with van der Waals surface area (Å²) in [4.78, 5) is 26.9. The van der Waals surface area contributed by atoms with E-state index in [0.29, 0.717) is 42.2 Å². The largest absolute Gasteiger partial charge is 0.457 e. The molecule has 200 valence electrons. The summed E-state index contributed by atoms with van der Waals surface area (Å²) in [5.41, 5.74) is 4.90. The zero-order chi connectivity index (χ0) is 27.0. The molecule has 0 saturated carbocycles. The maximum Gasteiger partial charge on any atom is 0.407 e. The highest BCUT2D eigenvalue weighted by atomic mass is 35.5. The molecular weight excluding hydrogens is 504 g/mol. The predicted molar refractivity (Wildman–Crippen MR) is 136 cm³/mol. The number of carbonyl (C=O) groups is 2. The van der Waals surface area contributed by atoms with Crippen molar-refractivity contribution in [2.75, 3.05) is 0 Å². The minimum absolute atomic E-state index is 0.193. The number of amides is 2. The topological polar surface area (TPSA) is 93.9 Å². The van der Waals surface area contributed by atoms with Crippen LogP contribution < -0.4 is 15.8 Å². The molecule has 0 radical (unpaired) electrons. The smallest absolute Gasteiger partial charge is 0.407 e. The van der Waals surface area contributed by atoms with Gasteiger partial charge in [0.1, 0.15) is 17.1 Å². The Morgan fingerprint density at radius 1 is 1.00 bits per heavy atom. The van der Waals surface area contributed by atoms with E-state index < -0.39 is 29.6 Å². The second-order valence-corrected chi connectivity index (χ2v) is 11.1. The number of carbonyl (C=O) groups excluding carboxylic acids is 2. The third-order valence-corrected chi connectivity index (χ3v) is 6.91. The van der Waals surface area contributed by atoms with Crippen LogP contribution in [0.25, 0.3) is 0 Å². The average molecular weight is 536 g/mol. The number of hydrogen-bond donors (Lipinski definition) is 2. The Balaban J connectivity index is 1.39. The number of benzene rings is 2. The fourth-order valence-electron chi connectivity index (χ4n) is 5.01. The molecule has 3 atom stereocenters. The number of ether oxygens (including phenoxy) is 2. The zero-order valence-corrected chi connectivity index (χ0v) is 21.8. The van der Waals surface area contributed by atoms with Gasteiger partial charge in [0.25, 0.3) is 5.92 Å². The maximum atomic E-state index is 15.3. The summed E-state index contributed by atoms with van der Waals surface area (Å²) in [6, 6.07) is 9.15. The van der Waals surface area contributed by atoms with Crippen LogP contribution in [0.3, 0.4) is 0 Å². The number of alkyl halides is 2. The molecule has 2 amide bonds. The summed E-state index contributed by atoms with van der Waals surface area (Å²) in [7, 11) is 0. The molecule has 3 unspecified atom stereocenters. The molecule has 2 aliphatic heterocycles. The number of nitrogens with zero attached hydrogens (tertiary/aromatic N) is 1. The Hall–Kier alpha value is -2.91. The number of halogens is 3. The average Bonchev–Trinajstić information content (AvgIpc) is 3.09. The lowest BCUT2D eigenvalue weighted by atomic mass is 9.94. The minimum Gasteiger partial charge on any atom is -0.457 e. The van der Waals surface area contributed by atoms with Crippen molar-refractivity contribution in [3.63, 3.8) is 0 Å². The van der Waals surface area contributed by atoms with E-state index in [2.05, 4.69) is 5.32 Å². The summed E-state index contributed by atoms with van der Waals surface area (Å²) >= 11 is 5.86. The van der Waals surface area contributed by atoms with Gasteiger partial charge in [-0.15, -0.1) is 0 Å². The highest BCUT2D eigenvalue weighted by Crippen LogP contribution is 2.39. The Labute approximate surface area is 220 Å². The van der Waals surface area contributed by atoms with Crippen LogP contribution in [0.4, 0.5) is 13.6 Å². The van der Waals surface area contributed by atoms with Gasteiger partial charge in [0, 0.05) is 28.7 Å². The van der Waals surface area contributed by atoms with Crippen molar-refractivity contribution in [1.29, 1.82) is 0 Å². The molecule has 0 spiro atoms. The quantitative estimate of drug-likeness (QED) is 0.502. The normalized spacial score (nSPS) is 22.4. The second-order valence-electron chi connectivity index (χ2n) is 10.6. The van der Waals surface area contributed by atoms with Crippen LogP contribution >= 0.6 is 11.6 Å². The van der Waals surface area contributed by atoms with Crippen LogP contribution in [0.2, 0.25) is 5.02 Å². The molecule has 37 heavy (non-hydrogen) atoms. The minimum atomic E-state index is -3.58. The molecule has 2 heterocycles.